The highest BCUT2D eigenvalue weighted by Gasteiger charge is 2.51. The Morgan fingerprint density at radius 2 is 0.900 bits per heavy atom. The molecule has 3 aliphatic rings. The maximum absolute atomic E-state index is 5.51. The third-order valence-electron chi connectivity index (χ3n) is 11.7. The van der Waals surface area contributed by atoms with Gasteiger partial charge in [0.05, 0.1) is 16.6 Å². The summed E-state index contributed by atoms with van der Waals surface area (Å²) in [6.45, 7) is 4.66. The minimum atomic E-state index is -0.406. The second-order valence-electron chi connectivity index (χ2n) is 14.5. The van der Waals surface area contributed by atoms with E-state index in [-0.39, 0.29) is 5.41 Å². The standard InChI is InChI=1S/C48H32N2/c1-47(2)38-21-8-3-17-33(38)35-19-13-20-37(44(35)47)46-49-43-25-12-7-18-36(43)45(50-46)29-26-27-34-32-16-6-11-24-41(32)48(42(34)28-29)39-22-9-4-14-30(39)31-15-5-10-23-40(31)48/h3-28H,1-2H3. The highest BCUT2D eigenvalue weighted by atomic mass is 14.9. The number of benzene rings is 7. The number of para-hydroxylation sites is 1. The van der Waals surface area contributed by atoms with Gasteiger partial charge in [-0.2, -0.15) is 0 Å². The summed E-state index contributed by atoms with van der Waals surface area (Å²) in [6.07, 6.45) is 0. The first-order valence-electron chi connectivity index (χ1n) is 17.5. The zero-order valence-corrected chi connectivity index (χ0v) is 27.9. The molecule has 0 amide bonds. The fraction of sp³-hybridized carbons (Fsp3) is 0.0833. The van der Waals surface area contributed by atoms with E-state index >= 15 is 0 Å². The van der Waals surface area contributed by atoms with E-state index in [4.69, 9.17) is 9.97 Å². The van der Waals surface area contributed by atoms with Gasteiger partial charge in [-0.25, -0.2) is 9.97 Å². The van der Waals surface area contributed by atoms with Crippen molar-refractivity contribution in [1.29, 1.82) is 0 Å². The minimum absolute atomic E-state index is 0.174. The lowest BCUT2D eigenvalue weighted by atomic mass is 9.70. The van der Waals surface area contributed by atoms with Crippen LogP contribution in [0.3, 0.4) is 0 Å². The summed E-state index contributed by atoms with van der Waals surface area (Å²) >= 11 is 0. The van der Waals surface area contributed by atoms with Crippen molar-refractivity contribution in [2.75, 3.05) is 0 Å². The van der Waals surface area contributed by atoms with E-state index in [1.54, 1.807) is 0 Å². The summed E-state index contributed by atoms with van der Waals surface area (Å²) in [7, 11) is 0. The van der Waals surface area contributed by atoms with Crippen LogP contribution in [0.1, 0.15) is 47.2 Å². The molecule has 0 bridgehead atoms. The van der Waals surface area contributed by atoms with Crippen LogP contribution in [0.25, 0.3) is 66.9 Å². The zero-order valence-electron chi connectivity index (χ0n) is 27.9. The molecule has 11 rings (SSSR count). The summed E-state index contributed by atoms with van der Waals surface area (Å²) in [4.78, 5) is 10.8. The van der Waals surface area contributed by atoms with Gasteiger partial charge < -0.3 is 0 Å². The first-order valence-corrected chi connectivity index (χ1v) is 17.5. The Bertz CT molecular complexity index is 2690. The molecule has 0 fully saturated rings. The smallest absolute Gasteiger partial charge is 0.160 e. The topological polar surface area (TPSA) is 25.8 Å². The molecule has 1 spiro atoms. The van der Waals surface area contributed by atoms with Gasteiger partial charge in [0.2, 0.25) is 0 Å². The van der Waals surface area contributed by atoms with Crippen molar-refractivity contribution in [3.8, 4) is 56.0 Å². The van der Waals surface area contributed by atoms with Crippen LogP contribution >= 0.6 is 0 Å². The van der Waals surface area contributed by atoms with Crippen molar-refractivity contribution in [2.24, 2.45) is 0 Å². The first kappa shape index (κ1) is 27.8. The van der Waals surface area contributed by atoms with Crippen molar-refractivity contribution >= 4 is 10.9 Å². The fourth-order valence-electron chi connectivity index (χ4n) is 9.69. The molecule has 0 N–H and O–H groups in total. The summed E-state index contributed by atoms with van der Waals surface area (Å²) in [5.74, 6) is 0.770. The van der Waals surface area contributed by atoms with Crippen LogP contribution in [0.4, 0.5) is 0 Å². The van der Waals surface area contributed by atoms with Crippen molar-refractivity contribution in [3.63, 3.8) is 0 Å². The Hall–Kier alpha value is -6.12. The predicted octanol–water partition coefficient (Wildman–Crippen LogP) is 11.6. The summed E-state index contributed by atoms with van der Waals surface area (Å²) in [5.41, 5.74) is 19.3. The second-order valence-corrected chi connectivity index (χ2v) is 14.5. The highest BCUT2D eigenvalue weighted by Crippen LogP contribution is 2.63. The predicted molar refractivity (Wildman–Crippen MR) is 204 cm³/mol. The SMILES string of the molecule is CC1(C)c2ccccc2-c2cccc(-c3nc(-c4ccc5c(c4)C4(c6ccccc6-c6ccccc64)c4ccccc4-5)c4ccccc4n3)c21. The molecule has 0 unspecified atom stereocenters. The van der Waals surface area contributed by atoms with Gasteiger partial charge in [0.15, 0.2) is 5.82 Å². The minimum Gasteiger partial charge on any atom is -0.228 e. The van der Waals surface area contributed by atoms with Crippen molar-refractivity contribution < 1.29 is 0 Å². The second kappa shape index (κ2) is 9.74. The van der Waals surface area contributed by atoms with E-state index in [2.05, 4.69) is 172 Å². The summed E-state index contributed by atoms with van der Waals surface area (Å²) in [6, 6.07) is 57.9. The van der Waals surface area contributed by atoms with Gasteiger partial charge in [0, 0.05) is 21.9 Å². The molecule has 7 aromatic carbocycles. The number of aromatic nitrogens is 2. The maximum Gasteiger partial charge on any atom is 0.160 e. The van der Waals surface area contributed by atoms with Crippen LogP contribution in [-0.4, -0.2) is 9.97 Å². The van der Waals surface area contributed by atoms with E-state index in [1.807, 2.05) is 0 Å². The first-order chi connectivity index (χ1) is 24.6. The van der Waals surface area contributed by atoms with Gasteiger partial charge in [0.1, 0.15) is 0 Å². The molecular formula is C48H32N2. The number of fused-ring (bicyclic) bond motifs is 14. The lowest BCUT2D eigenvalue weighted by molar-refractivity contribution is 0.661. The van der Waals surface area contributed by atoms with Crippen LogP contribution in [0.15, 0.2) is 158 Å². The molecule has 0 atom stereocenters. The van der Waals surface area contributed by atoms with Crippen LogP contribution in [-0.2, 0) is 10.8 Å². The van der Waals surface area contributed by atoms with Crippen LogP contribution in [0, 0.1) is 0 Å². The molecule has 8 aromatic rings. The summed E-state index contributed by atoms with van der Waals surface area (Å²) in [5, 5.41) is 1.06. The van der Waals surface area contributed by atoms with Crippen molar-refractivity contribution in [3.05, 3.63) is 191 Å². The number of hydrogen-bond acceptors (Lipinski definition) is 2. The van der Waals surface area contributed by atoms with Gasteiger partial charge >= 0.3 is 0 Å². The molecule has 50 heavy (non-hydrogen) atoms. The van der Waals surface area contributed by atoms with Crippen LogP contribution in [0.2, 0.25) is 0 Å². The van der Waals surface area contributed by atoms with E-state index < -0.39 is 5.41 Å². The number of nitrogens with zero attached hydrogens (tertiary/aromatic N) is 2. The Morgan fingerprint density at radius 3 is 1.56 bits per heavy atom. The molecule has 0 radical (unpaired) electrons. The van der Waals surface area contributed by atoms with Gasteiger partial charge in [-0.15, -0.1) is 0 Å². The largest absolute Gasteiger partial charge is 0.228 e. The lowest BCUT2D eigenvalue weighted by Gasteiger charge is -2.30. The van der Waals surface area contributed by atoms with Gasteiger partial charge in [-0.1, -0.05) is 159 Å². The summed E-state index contributed by atoms with van der Waals surface area (Å²) < 4.78 is 0. The molecule has 2 heteroatoms. The van der Waals surface area contributed by atoms with E-state index in [1.165, 1.54) is 66.8 Å². The Labute approximate surface area is 291 Å². The van der Waals surface area contributed by atoms with Crippen LogP contribution < -0.4 is 0 Å². The monoisotopic (exact) mass is 636 g/mol. The average molecular weight is 637 g/mol. The Morgan fingerprint density at radius 1 is 0.400 bits per heavy atom. The molecule has 3 aliphatic carbocycles. The molecule has 234 valence electrons. The van der Waals surface area contributed by atoms with E-state index in [0.717, 1.165) is 33.5 Å². The normalized spacial score (nSPS) is 14.9. The molecule has 2 nitrogen and oxygen atoms in total. The average Bonchev–Trinajstić information content (AvgIpc) is 3.73. The molecule has 0 saturated carbocycles. The van der Waals surface area contributed by atoms with Gasteiger partial charge in [-0.3, -0.25) is 0 Å². The van der Waals surface area contributed by atoms with Crippen molar-refractivity contribution in [1.82, 2.24) is 9.97 Å². The Balaban J connectivity index is 1.18. The molecular weight excluding hydrogens is 605 g/mol. The maximum atomic E-state index is 5.51. The fourth-order valence-corrected chi connectivity index (χ4v) is 9.69. The molecule has 1 aromatic heterocycles. The van der Waals surface area contributed by atoms with Gasteiger partial charge in [-0.05, 0) is 78.9 Å². The number of rotatable bonds is 2. The quantitative estimate of drug-likeness (QED) is 0.189. The molecule has 1 heterocycles. The van der Waals surface area contributed by atoms with E-state index in [0.29, 0.717) is 0 Å². The third-order valence-corrected chi connectivity index (χ3v) is 11.7. The third kappa shape index (κ3) is 3.38. The number of hydrogen-bond donors (Lipinski definition) is 0. The lowest BCUT2D eigenvalue weighted by Crippen LogP contribution is -2.25. The van der Waals surface area contributed by atoms with Gasteiger partial charge in [0.25, 0.3) is 0 Å². The zero-order chi connectivity index (χ0) is 33.2. The van der Waals surface area contributed by atoms with Crippen LogP contribution in [0.5, 0.6) is 0 Å². The highest BCUT2D eigenvalue weighted by molar-refractivity contribution is 5.99. The van der Waals surface area contributed by atoms with Crippen molar-refractivity contribution in [2.45, 2.75) is 24.7 Å². The molecule has 0 aliphatic heterocycles. The van der Waals surface area contributed by atoms with E-state index in [9.17, 15) is 0 Å². The molecule has 0 saturated heterocycles. The Kier molecular flexibility index (Phi) is 5.41.